The first kappa shape index (κ1) is 23.4. The monoisotopic (exact) mass is 484 g/mol. The van der Waals surface area contributed by atoms with E-state index in [1.165, 1.54) is 24.3 Å². The zero-order valence-corrected chi connectivity index (χ0v) is 17.7. The minimum Gasteiger partial charge on any atom is -0.334 e. The van der Waals surface area contributed by atoms with Crippen LogP contribution in [-0.4, -0.2) is 19.4 Å². The van der Waals surface area contributed by atoms with Gasteiger partial charge in [0.1, 0.15) is 4.90 Å². The summed E-state index contributed by atoms with van der Waals surface area (Å²) in [6, 6.07) is 10.6. The fraction of sp³-hybridized carbons (Fsp3) is 0.100. The number of hydrogen-bond acceptors (Lipinski definition) is 4. The highest BCUT2D eigenvalue weighted by Gasteiger charge is 2.32. The third-order valence-corrected chi connectivity index (χ3v) is 5.98. The summed E-state index contributed by atoms with van der Waals surface area (Å²) in [6.07, 6.45) is -1.50. The number of carbonyl (C=O) groups excluding carboxylic acids is 1. The van der Waals surface area contributed by atoms with Crippen LogP contribution in [0.25, 0.3) is 0 Å². The van der Waals surface area contributed by atoms with Crippen molar-refractivity contribution < 1.29 is 26.4 Å². The molecule has 3 N–H and O–H groups in total. The summed E-state index contributed by atoms with van der Waals surface area (Å²) >= 11 is 5.81. The van der Waals surface area contributed by atoms with E-state index in [0.29, 0.717) is 17.8 Å². The van der Waals surface area contributed by atoms with E-state index in [-0.39, 0.29) is 17.3 Å². The minimum atomic E-state index is -4.72. The Labute approximate surface area is 186 Å². The second-order valence-electron chi connectivity index (χ2n) is 6.49. The van der Waals surface area contributed by atoms with Gasteiger partial charge in [-0.3, -0.25) is 9.71 Å². The van der Waals surface area contributed by atoms with Gasteiger partial charge in [-0.2, -0.15) is 13.2 Å². The maximum absolute atomic E-state index is 12.9. The molecule has 0 unspecified atom stereocenters. The van der Waals surface area contributed by atoms with Crippen molar-refractivity contribution in [3.8, 4) is 0 Å². The van der Waals surface area contributed by atoms with Gasteiger partial charge >= 0.3 is 12.2 Å². The predicted octanol–water partition coefficient (Wildman–Crippen LogP) is 4.88. The number of benzene rings is 2. The molecule has 0 radical (unpaired) electrons. The Morgan fingerprint density at radius 1 is 1.03 bits per heavy atom. The number of alkyl halides is 3. The van der Waals surface area contributed by atoms with Gasteiger partial charge in [0.2, 0.25) is 0 Å². The van der Waals surface area contributed by atoms with Crippen LogP contribution in [0, 0.1) is 0 Å². The third-order valence-electron chi connectivity index (χ3n) is 4.12. The number of nitrogens with one attached hydrogen (secondary N) is 3. The molecule has 0 saturated carbocycles. The van der Waals surface area contributed by atoms with E-state index in [9.17, 15) is 26.4 Å². The van der Waals surface area contributed by atoms with Crippen molar-refractivity contribution in [2.24, 2.45) is 0 Å². The number of nitrogens with zero attached hydrogens (tertiary/aromatic N) is 1. The maximum Gasteiger partial charge on any atom is 0.416 e. The number of sulfonamides is 1. The molecule has 2 aromatic carbocycles. The number of pyridine rings is 1. The SMILES string of the molecule is O=C(NCc1cccnc1)Nc1ccc(NS(=O)(=O)c2cc(C(F)(F)F)ccc2Cl)cc1. The van der Waals surface area contributed by atoms with Crippen LogP contribution < -0.4 is 15.4 Å². The van der Waals surface area contributed by atoms with Crippen LogP contribution in [0.3, 0.4) is 0 Å². The summed E-state index contributed by atoms with van der Waals surface area (Å²) in [6.45, 7) is 0.259. The van der Waals surface area contributed by atoms with Crippen molar-refractivity contribution in [2.45, 2.75) is 17.6 Å². The minimum absolute atomic E-state index is 0.0693. The molecule has 7 nitrogen and oxygen atoms in total. The lowest BCUT2D eigenvalue weighted by molar-refractivity contribution is -0.137. The van der Waals surface area contributed by atoms with Crippen LogP contribution in [0.4, 0.5) is 29.3 Å². The number of anilines is 2. The van der Waals surface area contributed by atoms with E-state index >= 15 is 0 Å². The first-order chi connectivity index (χ1) is 15.0. The summed E-state index contributed by atoms with van der Waals surface area (Å²) in [5.41, 5.74) is 0.105. The van der Waals surface area contributed by atoms with Crippen LogP contribution in [0.15, 0.2) is 71.9 Å². The predicted molar refractivity (Wildman–Crippen MR) is 114 cm³/mol. The summed E-state index contributed by atoms with van der Waals surface area (Å²) in [5, 5.41) is 4.86. The molecule has 12 heteroatoms. The highest BCUT2D eigenvalue weighted by molar-refractivity contribution is 7.92. The van der Waals surface area contributed by atoms with Gasteiger partial charge in [-0.05, 0) is 54.1 Å². The van der Waals surface area contributed by atoms with Gasteiger partial charge in [0.15, 0.2) is 0 Å². The molecule has 0 fully saturated rings. The Bertz CT molecular complexity index is 1210. The molecular formula is C20H16ClF3N4O3S. The molecule has 1 aromatic heterocycles. The summed E-state index contributed by atoms with van der Waals surface area (Å²) in [5.74, 6) is 0. The highest BCUT2D eigenvalue weighted by atomic mass is 35.5. The fourth-order valence-electron chi connectivity index (χ4n) is 2.58. The van der Waals surface area contributed by atoms with Crippen molar-refractivity contribution in [3.63, 3.8) is 0 Å². The quantitative estimate of drug-likeness (QED) is 0.464. The zero-order valence-electron chi connectivity index (χ0n) is 16.2. The number of carbonyl (C=O) groups is 1. The van der Waals surface area contributed by atoms with Gasteiger partial charge in [-0.1, -0.05) is 17.7 Å². The summed E-state index contributed by atoms with van der Waals surface area (Å²) in [7, 11) is -4.39. The third kappa shape index (κ3) is 6.11. The van der Waals surface area contributed by atoms with Crippen LogP contribution >= 0.6 is 11.6 Å². The molecule has 0 aliphatic rings. The number of urea groups is 1. The maximum atomic E-state index is 12.9. The molecule has 1 heterocycles. The lowest BCUT2D eigenvalue weighted by Gasteiger charge is -2.13. The number of hydrogen-bond donors (Lipinski definition) is 3. The first-order valence-corrected chi connectivity index (χ1v) is 10.8. The second-order valence-corrected chi connectivity index (χ2v) is 8.55. The van der Waals surface area contributed by atoms with Crippen molar-refractivity contribution >= 4 is 39.0 Å². The van der Waals surface area contributed by atoms with Crippen LogP contribution in [0.2, 0.25) is 5.02 Å². The van der Waals surface area contributed by atoms with Gasteiger partial charge in [-0.15, -0.1) is 0 Å². The number of rotatable bonds is 6. The van der Waals surface area contributed by atoms with E-state index in [1.807, 2.05) is 0 Å². The summed E-state index contributed by atoms with van der Waals surface area (Å²) < 4.78 is 66.0. The van der Waals surface area contributed by atoms with Crippen molar-refractivity contribution in [3.05, 3.63) is 83.1 Å². The zero-order chi connectivity index (χ0) is 23.4. The number of aromatic nitrogens is 1. The lowest BCUT2D eigenvalue weighted by atomic mass is 10.2. The molecule has 3 aromatic rings. The molecule has 0 atom stereocenters. The Balaban J connectivity index is 1.65. The van der Waals surface area contributed by atoms with Crippen molar-refractivity contribution in [1.82, 2.24) is 10.3 Å². The smallest absolute Gasteiger partial charge is 0.334 e. The Morgan fingerprint density at radius 3 is 2.34 bits per heavy atom. The molecule has 3 rings (SSSR count). The fourth-order valence-corrected chi connectivity index (χ4v) is 4.16. The molecule has 32 heavy (non-hydrogen) atoms. The summed E-state index contributed by atoms with van der Waals surface area (Å²) in [4.78, 5) is 15.2. The molecule has 0 saturated heterocycles. The van der Waals surface area contributed by atoms with Gasteiger partial charge in [0.05, 0.1) is 10.6 Å². The molecule has 0 aliphatic carbocycles. The van der Waals surface area contributed by atoms with Crippen LogP contribution in [-0.2, 0) is 22.7 Å². The average molecular weight is 485 g/mol. The Morgan fingerprint density at radius 2 is 1.72 bits per heavy atom. The van der Waals surface area contributed by atoms with E-state index in [4.69, 9.17) is 11.6 Å². The molecule has 0 bridgehead atoms. The first-order valence-electron chi connectivity index (χ1n) is 8.98. The number of halogens is 4. The van der Waals surface area contributed by atoms with E-state index in [2.05, 4.69) is 20.3 Å². The molecule has 2 amide bonds. The van der Waals surface area contributed by atoms with Crippen molar-refractivity contribution in [2.75, 3.05) is 10.0 Å². The van der Waals surface area contributed by atoms with E-state index < -0.39 is 32.7 Å². The van der Waals surface area contributed by atoms with E-state index in [0.717, 1.165) is 11.6 Å². The molecular weight excluding hydrogens is 469 g/mol. The van der Waals surface area contributed by atoms with Crippen LogP contribution in [0.1, 0.15) is 11.1 Å². The topological polar surface area (TPSA) is 100 Å². The molecule has 168 valence electrons. The molecule has 0 aliphatic heterocycles. The highest BCUT2D eigenvalue weighted by Crippen LogP contribution is 2.34. The van der Waals surface area contributed by atoms with Crippen LogP contribution in [0.5, 0.6) is 0 Å². The normalized spacial score (nSPS) is 11.6. The van der Waals surface area contributed by atoms with Gasteiger partial charge in [-0.25, -0.2) is 13.2 Å². The number of amides is 2. The van der Waals surface area contributed by atoms with Gasteiger partial charge in [0, 0.05) is 30.3 Å². The van der Waals surface area contributed by atoms with Crippen molar-refractivity contribution in [1.29, 1.82) is 0 Å². The largest absolute Gasteiger partial charge is 0.416 e. The Kier molecular flexibility index (Phi) is 6.90. The van der Waals surface area contributed by atoms with Gasteiger partial charge < -0.3 is 10.6 Å². The molecule has 0 spiro atoms. The van der Waals surface area contributed by atoms with E-state index in [1.54, 1.807) is 24.5 Å². The average Bonchev–Trinajstić information content (AvgIpc) is 2.73. The lowest BCUT2D eigenvalue weighted by Crippen LogP contribution is -2.28. The second kappa shape index (κ2) is 9.45. The van der Waals surface area contributed by atoms with Gasteiger partial charge in [0.25, 0.3) is 10.0 Å². The Hall–Kier alpha value is -3.31. The standard InChI is InChI=1S/C20H16ClF3N4O3S/c21-17-8-3-14(20(22,23)24)10-18(17)32(30,31)28-16-6-4-15(5-7-16)27-19(29)26-12-13-2-1-9-25-11-13/h1-11,28H,12H2,(H2,26,27,29).